The van der Waals surface area contributed by atoms with Crippen LogP contribution in [0, 0.1) is 11.8 Å². The molecule has 5 rings (SSSR count). The van der Waals surface area contributed by atoms with Crippen molar-refractivity contribution >= 4 is 72.9 Å². The molecule has 1 aliphatic carbocycles. The molecule has 0 radical (unpaired) electrons. The first kappa shape index (κ1) is 26.2. The van der Waals surface area contributed by atoms with Crippen LogP contribution >= 0.6 is 34.5 Å². The lowest BCUT2D eigenvalue weighted by Crippen LogP contribution is -2.32. The van der Waals surface area contributed by atoms with Crippen LogP contribution in [0.4, 0.5) is 17.5 Å². The Hall–Kier alpha value is -2.43. The van der Waals surface area contributed by atoms with Crippen LogP contribution in [0.5, 0.6) is 0 Å². The van der Waals surface area contributed by atoms with Crippen molar-refractivity contribution in [1.29, 1.82) is 0 Å². The Morgan fingerprint density at radius 1 is 0.892 bits per heavy atom. The molecular formula is C26H27Cl2N5O2S2. The number of para-hydroxylation sites is 2. The topological polar surface area (TPSA) is 96.0 Å². The second-order valence-corrected chi connectivity index (χ2v) is 13.2. The van der Waals surface area contributed by atoms with Crippen molar-refractivity contribution in [1.82, 2.24) is 14.7 Å². The number of thiophene rings is 1. The minimum absolute atomic E-state index is 0.0542. The van der Waals surface area contributed by atoms with Crippen molar-refractivity contribution in [2.45, 2.75) is 30.6 Å². The number of anilines is 3. The summed E-state index contributed by atoms with van der Waals surface area (Å²) in [6, 6.07) is 19.3. The third kappa shape index (κ3) is 6.53. The molecule has 0 saturated heterocycles. The standard InChI is InChI=1S/C26H27Cl2N5O2S2/c27-23-14-22(24(28)36-23)37(34,35)30-16-18-12-10-17(11-13-18)15-29-26-32-21-9-5-4-8-20(21)25(33-26)31-19-6-2-1-3-7-19/h1-9,14,17-18,30H,10-13,15-16H2,(H2,29,31,32,33)/t17-,18-. The van der Waals surface area contributed by atoms with Crippen LogP contribution in [-0.4, -0.2) is 31.5 Å². The number of halogens is 2. The maximum atomic E-state index is 12.6. The van der Waals surface area contributed by atoms with Crippen LogP contribution in [0.2, 0.25) is 8.67 Å². The molecule has 11 heteroatoms. The van der Waals surface area contributed by atoms with E-state index in [0.29, 0.717) is 22.7 Å². The number of hydrogen-bond acceptors (Lipinski definition) is 7. The summed E-state index contributed by atoms with van der Waals surface area (Å²) in [5, 5.41) is 7.81. The zero-order chi connectivity index (χ0) is 25.8. The molecule has 0 unspecified atom stereocenters. The Bertz CT molecular complexity index is 1470. The van der Waals surface area contributed by atoms with Gasteiger partial charge in [-0.15, -0.1) is 11.3 Å². The first-order valence-electron chi connectivity index (χ1n) is 12.1. The predicted molar refractivity (Wildman–Crippen MR) is 153 cm³/mol. The molecule has 0 atom stereocenters. The van der Waals surface area contributed by atoms with Crippen molar-refractivity contribution in [3.63, 3.8) is 0 Å². The molecule has 0 spiro atoms. The number of rotatable bonds is 9. The Labute approximate surface area is 230 Å². The van der Waals surface area contributed by atoms with Gasteiger partial charge in [0, 0.05) is 24.2 Å². The third-order valence-electron chi connectivity index (χ3n) is 6.63. The highest BCUT2D eigenvalue weighted by Crippen LogP contribution is 2.35. The van der Waals surface area contributed by atoms with E-state index in [1.54, 1.807) is 0 Å². The summed E-state index contributed by atoms with van der Waals surface area (Å²) in [6.07, 6.45) is 3.92. The quantitative estimate of drug-likeness (QED) is 0.200. The normalized spacial score (nSPS) is 18.1. The van der Waals surface area contributed by atoms with Gasteiger partial charge >= 0.3 is 0 Å². The van der Waals surface area contributed by atoms with Gasteiger partial charge in [0.1, 0.15) is 15.0 Å². The Kier molecular flexibility index (Phi) is 8.16. The number of aromatic nitrogens is 2. The Balaban J connectivity index is 1.16. The minimum Gasteiger partial charge on any atom is -0.354 e. The van der Waals surface area contributed by atoms with Gasteiger partial charge in [-0.1, -0.05) is 53.5 Å². The number of benzene rings is 2. The van der Waals surface area contributed by atoms with Crippen LogP contribution in [0.25, 0.3) is 10.9 Å². The molecule has 37 heavy (non-hydrogen) atoms. The molecule has 0 bridgehead atoms. The molecule has 0 amide bonds. The van der Waals surface area contributed by atoms with E-state index >= 15 is 0 Å². The summed E-state index contributed by atoms with van der Waals surface area (Å²) < 4.78 is 28.4. The fraction of sp³-hybridized carbons (Fsp3) is 0.308. The molecule has 2 heterocycles. The summed E-state index contributed by atoms with van der Waals surface area (Å²) in [4.78, 5) is 9.53. The summed E-state index contributed by atoms with van der Waals surface area (Å²) in [7, 11) is -3.66. The van der Waals surface area contributed by atoms with E-state index in [1.807, 2.05) is 54.6 Å². The Morgan fingerprint density at radius 2 is 1.57 bits per heavy atom. The number of nitrogens with zero attached hydrogens (tertiary/aromatic N) is 2. The Morgan fingerprint density at radius 3 is 2.27 bits per heavy atom. The van der Waals surface area contributed by atoms with Crippen LogP contribution in [0.3, 0.4) is 0 Å². The summed E-state index contributed by atoms with van der Waals surface area (Å²) in [6.45, 7) is 1.17. The average Bonchev–Trinajstić information content (AvgIpc) is 3.26. The maximum Gasteiger partial charge on any atom is 0.242 e. The average molecular weight is 577 g/mol. The van der Waals surface area contributed by atoms with Crippen LogP contribution in [-0.2, 0) is 10.0 Å². The number of nitrogens with one attached hydrogen (secondary N) is 3. The maximum absolute atomic E-state index is 12.6. The van der Waals surface area contributed by atoms with Gasteiger partial charge in [0.05, 0.1) is 9.85 Å². The van der Waals surface area contributed by atoms with Crippen molar-refractivity contribution in [2.24, 2.45) is 11.8 Å². The first-order valence-corrected chi connectivity index (χ1v) is 15.2. The predicted octanol–water partition coefficient (Wildman–Crippen LogP) is 6.94. The largest absolute Gasteiger partial charge is 0.354 e. The fourth-order valence-corrected chi connectivity index (χ4v) is 7.86. The number of hydrogen-bond donors (Lipinski definition) is 3. The summed E-state index contributed by atoms with van der Waals surface area (Å²) in [5.74, 6) is 2.12. The van der Waals surface area contributed by atoms with E-state index in [2.05, 4.69) is 15.4 Å². The highest BCUT2D eigenvalue weighted by Gasteiger charge is 2.25. The molecule has 1 aliphatic rings. The van der Waals surface area contributed by atoms with Gasteiger partial charge in [0.2, 0.25) is 16.0 Å². The first-order chi connectivity index (χ1) is 17.9. The monoisotopic (exact) mass is 575 g/mol. The highest BCUT2D eigenvalue weighted by molar-refractivity contribution is 7.89. The van der Waals surface area contributed by atoms with Crippen LogP contribution in [0.1, 0.15) is 25.7 Å². The lowest BCUT2D eigenvalue weighted by molar-refractivity contribution is 0.284. The number of sulfonamides is 1. The molecule has 4 aromatic rings. The van der Waals surface area contributed by atoms with Crippen LogP contribution < -0.4 is 15.4 Å². The molecule has 7 nitrogen and oxygen atoms in total. The molecule has 1 fully saturated rings. The highest BCUT2D eigenvalue weighted by atomic mass is 35.5. The van der Waals surface area contributed by atoms with E-state index in [1.165, 1.54) is 6.07 Å². The van der Waals surface area contributed by atoms with Crippen molar-refractivity contribution < 1.29 is 8.42 Å². The molecule has 2 aromatic carbocycles. The number of fused-ring (bicyclic) bond motifs is 1. The summed E-state index contributed by atoms with van der Waals surface area (Å²) >= 11 is 13.0. The van der Waals surface area contributed by atoms with Crippen LogP contribution in [0.15, 0.2) is 65.6 Å². The van der Waals surface area contributed by atoms with E-state index in [0.717, 1.165) is 66.0 Å². The smallest absolute Gasteiger partial charge is 0.242 e. The van der Waals surface area contributed by atoms with E-state index in [-0.39, 0.29) is 15.1 Å². The fourth-order valence-electron chi connectivity index (χ4n) is 4.60. The van der Waals surface area contributed by atoms with E-state index in [9.17, 15) is 8.42 Å². The molecule has 0 aliphatic heterocycles. The zero-order valence-electron chi connectivity index (χ0n) is 20.0. The van der Waals surface area contributed by atoms with Gasteiger partial charge in [-0.3, -0.25) is 0 Å². The third-order valence-corrected chi connectivity index (χ3v) is 9.81. The van der Waals surface area contributed by atoms with Gasteiger partial charge in [0.25, 0.3) is 0 Å². The molecular weight excluding hydrogens is 549 g/mol. The van der Waals surface area contributed by atoms with Gasteiger partial charge in [-0.25, -0.2) is 18.1 Å². The zero-order valence-corrected chi connectivity index (χ0v) is 23.1. The summed E-state index contributed by atoms with van der Waals surface area (Å²) in [5.41, 5.74) is 1.84. The van der Waals surface area contributed by atoms with Gasteiger partial charge in [-0.05, 0) is 67.9 Å². The second-order valence-electron chi connectivity index (χ2n) is 9.21. The van der Waals surface area contributed by atoms with Crippen molar-refractivity contribution in [3.8, 4) is 0 Å². The second kappa shape index (κ2) is 11.5. The van der Waals surface area contributed by atoms with Crippen molar-refractivity contribution in [2.75, 3.05) is 23.7 Å². The molecule has 1 saturated carbocycles. The SMILES string of the molecule is O=S(=O)(NC[C@H]1CC[C@H](CNc2nc(Nc3ccccc3)c3ccccc3n2)CC1)c1cc(Cl)sc1Cl. The molecule has 2 aromatic heterocycles. The van der Waals surface area contributed by atoms with E-state index < -0.39 is 10.0 Å². The van der Waals surface area contributed by atoms with Crippen molar-refractivity contribution in [3.05, 3.63) is 69.3 Å². The van der Waals surface area contributed by atoms with Gasteiger partial charge in [0.15, 0.2) is 0 Å². The van der Waals surface area contributed by atoms with E-state index in [4.69, 9.17) is 33.2 Å². The molecule has 194 valence electrons. The lowest BCUT2D eigenvalue weighted by Gasteiger charge is -2.28. The van der Waals surface area contributed by atoms with Gasteiger partial charge < -0.3 is 10.6 Å². The molecule has 3 N–H and O–H groups in total. The lowest BCUT2D eigenvalue weighted by atomic mass is 9.82. The van der Waals surface area contributed by atoms with Gasteiger partial charge in [-0.2, -0.15) is 4.98 Å². The minimum atomic E-state index is -3.66.